The van der Waals surface area contributed by atoms with Gasteiger partial charge in [0.25, 0.3) is 5.91 Å². The van der Waals surface area contributed by atoms with Crippen molar-refractivity contribution in [1.82, 2.24) is 19.4 Å². The Labute approximate surface area is 139 Å². The van der Waals surface area contributed by atoms with Crippen LogP contribution >= 0.6 is 0 Å². The summed E-state index contributed by atoms with van der Waals surface area (Å²) in [5.74, 6) is 0.0111. The summed E-state index contributed by atoms with van der Waals surface area (Å²) in [5, 5.41) is 1.06. The zero-order valence-corrected chi connectivity index (χ0v) is 13.5. The first-order valence-corrected chi connectivity index (χ1v) is 7.97. The minimum absolute atomic E-state index is 0.0111. The van der Waals surface area contributed by atoms with E-state index in [-0.39, 0.29) is 5.91 Å². The van der Waals surface area contributed by atoms with Crippen molar-refractivity contribution in [1.29, 1.82) is 0 Å². The molecule has 1 saturated heterocycles. The second-order valence-corrected chi connectivity index (χ2v) is 5.86. The number of hydrogen-bond acceptors (Lipinski definition) is 4. The fourth-order valence-corrected chi connectivity index (χ4v) is 3.02. The summed E-state index contributed by atoms with van der Waals surface area (Å²) in [5.41, 5.74) is 3.39. The zero-order valence-electron chi connectivity index (χ0n) is 13.5. The number of hydrogen-bond donors (Lipinski definition) is 0. The van der Waals surface area contributed by atoms with Gasteiger partial charge in [0, 0.05) is 49.7 Å². The summed E-state index contributed by atoms with van der Waals surface area (Å²) in [6.45, 7) is 2.46. The molecule has 0 N–H and O–H groups in total. The zero-order chi connectivity index (χ0) is 16.5. The second kappa shape index (κ2) is 6.05. The number of pyridine rings is 2. The number of rotatable bonds is 2. The molecule has 0 unspecified atom stereocenters. The standard InChI is InChI=1S/C18H18N4O2/c1-21-7-5-15-14(4-6-19-17(15)21)16-3-2-13(12-20-16)18(23)22-8-10-24-11-9-22/h2-7,12H,8-11H2,1H3. The summed E-state index contributed by atoms with van der Waals surface area (Å²) in [6, 6.07) is 7.73. The van der Waals surface area contributed by atoms with Crippen molar-refractivity contribution in [2.24, 2.45) is 7.05 Å². The van der Waals surface area contributed by atoms with E-state index >= 15 is 0 Å². The molecule has 1 amide bonds. The maximum absolute atomic E-state index is 12.5. The first-order chi connectivity index (χ1) is 11.7. The van der Waals surface area contributed by atoms with Crippen LogP contribution in [0, 0.1) is 0 Å². The van der Waals surface area contributed by atoms with E-state index in [0.717, 1.165) is 22.3 Å². The Morgan fingerprint density at radius 3 is 2.71 bits per heavy atom. The van der Waals surface area contributed by atoms with Gasteiger partial charge in [-0.25, -0.2) is 4.98 Å². The van der Waals surface area contributed by atoms with E-state index < -0.39 is 0 Å². The molecule has 24 heavy (non-hydrogen) atoms. The van der Waals surface area contributed by atoms with Crippen molar-refractivity contribution in [3.8, 4) is 11.3 Å². The minimum Gasteiger partial charge on any atom is -0.378 e. The Hall–Kier alpha value is -2.73. The highest BCUT2D eigenvalue weighted by molar-refractivity contribution is 5.95. The van der Waals surface area contributed by atoms with Gasteiger partial charge in [-0.15, -0.1) is 0 Å². The number of morpholine rings is 1. The van der Waals surface area contributed by atoms with Crippen LogP contribution in [0.1, 0.15) is 10.4 Å². The molecule has 0 aromatic carbocycles. The summed E-state index contributed by atoms with van der Waals surface area (Å²) in [4.78, 5) is 23.2. The van der Waals surface area contributed by atoms with Gasteiger partial charge in [0.05, 0.1) is 24.5 Å². The summed E-state index contributed by atoms with van der Waals surface area (Å²) >= 11 is 0. The third kappa shape index (κ3) is 2.55. The first-order valence-electron chi connectivity index (χ1n) is 7.97. The topological polar surface area (TPSA) is 60.2 Å². The second-order valence-electron chi connectivity index (χ2n) is 5.86. The van der Waals surface area contributed by atoms with Crippen molar-refractivity contribution in [2.75, 3.05) is 26.3 Å². The predicted octanol–water partition coefficient (Wildman–Crippen LogP) is 2.11. The number of nitrogens with zero attached hydrogens (tertiary/aromatic N) is 4. The lowest BCUT2D eigenvalue weighted by atomic mass is 10.1. The van der Waals surface area contributed by atoms with Gasteiger partial charge >= 0.3 is 0 Å². The van der Waals surface area contributed by atoms with E-state index in [2.05, 4.69) is 9.97 Å². The van der Waals surface area contributed by atoms with Gasteiger partial charge in [-0.3, -0.25) is 9.78 Å². The number of amides is 1. The highest BCUT2D eigenvalue weighted by atomic mass is 16.5. The van der Waals surface area contributed by atoms with E-state index in [1.165, 1.54) is 0 Å². The lowest BCUT2D eigenvalue weighted by Gasteiger charge is -2.26. The summed E-state index contributed by atoms with van der Waals surface area (Å²) in [6.07, 6.45) is 5.42. The lowest BCUT2D eigenvalue weighted by Crippen LogP contribution is -2.40. The number of aromatic nitrogens is 3. The van der Waals surface area contributed by atoms with Crippen molar-refractivity contribution < 1.29 is 9.53 Å². The molecule has 1 aliphatic rings. The normalized spacial score (nSPS) is 15.0. The van der Waals surface area contributed by atoms with Crippen molar-refractivity contribution in [2.45, 2.75) is 0 Å². The summed E-state index contributed by atoms with van der Waals surface area (Å²) < 4.78 is 7.27. The average Bonchev–Trinajstić information content (AvgIpc) is 3.03. The largest absolute Gasteiger partial charge is 0.378 e. The van der Waals surface area contributed by atoms with Crippen LogP contribution in [0.15, 0.2) is 42.9 Å². The molecule has 3 aromatic heterocycles. The Balaban J connectivity index is 1.64. The first kappa shape index (κ1) is 14.8. The molecule has 4 rings (SSSR count). The molecule has 0 saturated carbocycles. The number of fused-ring (bicyclic) bond motifs is 1. The maximum atomic E-state index is 12.5. The molecule has 0 spiro atoms. The van der Waals surface area contributed by atoms with Crippen molar-refractivity contribution in [3.05, 3.63) is 48.4 Å². The van der Waals surface area contributed by atoms with Gasteiger partial charge in [-0.2, -0.15) is 0 Å². The minimum atomic E-state index is 0.0111. The molecule has 3 aromatic rings. The number of carbonyl (C=O) groups is 1. The number of aryl methyl sites for hydroxylation is 1. The Morgan fingerprint density at radius 2 is 1.96 bits per heavy atom. The molecule has 0 bridgehead atoms. The van der Waals surface area contributed by atoms with Crippen LogP contribution in [0.3, 0.4) is 0 Å². The fraction of sp³-hybridized carbons (Fsp3) is 0.278. The molecule has 0 atom stereocenters. The Kier molecular flexibility index (Phi) is 3.74. The van der Waals surface area contributed by atoms with Gasteiger partial charge in [0.15, 0.2) is 0 Å². The van der Waals surface area contributed by atoms with Gasteiger partial charge in [-0.05, 0) is 24.3 Å². The van der Waals surface area contributed by atoms with E-state index in [4.69, 9.17) is 4.74 Å². The highest BCUT2D eigenvalue weighted by Crippen LogP contribution is 2.26. The number of ether oxygens (including phenoxy) is 1. The lowest BCUT2D eigenvalue weighted by molar-refractivity contribution is 0.0302. The predicted molar refractivity (Wildman–Crippen MR) is 90.7 cm³/mol. The van der Waals surface area contributed by atoms with Gasteiger partial charge in [-0.1, -0.05) is 0 Å². The van der Waals surface area contributed by atoms with Crippen LogP contribution in [0.2, 0.25) is 0 Å². The average molecular weight is 322 g/mol. The van der Waals surface area contributed by atoms with E-state index in [1.807, 2.05) is 47.0 Å². The van der Waals surface area contributed by atoms with Crippen molar-refractivity contribution in [3.63, 3.8) is 0 Å². The van der Waals surface area contributed by atoms with Gasteiger partial charge in [0.1, 0.15) is 5.65 Å². The molecule has 0 radical (unpaired) electrons. The van der Waals surface area contributed by atoms with Gasteiger partial charge < -0.3 is 14.2 Å². The summed E-state index contributed by atoms with van der Waals surface area (Å²) in [7, 11) is 1.97. The van der Waals surface area contributed by atoms with E-state index in [9.17, 15) is 4.79 Å². The molecule has 122 valence electrons. The van der Waals surface area contributed by atoms with Crippen LogP contribution in [0.25, 0.3) is 22.3 Å². The molecule has 6 nitrogen and oxygen atoms in total. The van der Waals surface area contributed by atoms with Crippen LogP contribution in [0.4, 0.5) is 0 Å². The highest BCUT2D eigenvalue weighted by Gasteiger charge is 2.19. The van der Waals surface area contributed by atoms with E-state index in [1.54, 1.807) is 12.4 Å². The molecule has 0 aliphatic carbocycles. The third-order valence-electron chi connectivity index (χ3n) is 4.35. The fourth-order valence-electron chi connectivity index (χ4n) is 3.02. The monoisotopic (exact) mass is 322 g/mol. The van der Waals surface area contributed by atoms with E-state index in [0.29, 0.717) is 31.9 Å². The number of carbonyl (C=O) groups excluding carboxylic acids is 1. The smallest absolute Gasteiger partial charge is 0.255 e. The molecular formula is C18H18N4O2. The molecule has 1 aliphatic heterocycles. The van der Waals surface area contributed by atoms with Crippen molar-refractivity contribution >= 4 is 16.9 Å². The Bertz CT molecular complexity index is 880. The van der Waals surface area contributed by atoms with Crippen LogP contribution in [-0.2, 0) is 11.8 Å². The maximum Gasteiger partial charge on any atom is 0.255 e. The molecule has 4 heterocycles. The van der Waals surface area contributed by atoms with Gasteiger partial charge in [0.2, 0.25) is 0 Å². The quantitative estimate of drug-likeness (QED) is 0.725. The van der Waals surface area contributed by atoms with Crippen LogP contribution < -0.4 is 0 Å². The van der Waals surface area contributed by atoms with Crippen LogP contribution in [-0.4, -0.2) is 51.6 Å². The molecule has 6 heteroatoms. The Morgan fingerprint density at radius 1 is 1.12 bits per heavy atom. The SMILES string of the molecule is Cn1ccc2c(-c3ccc(C(=O)N4CCOCC4)cn3)ccnc21. The van der Waals surface area contributed by atoms with Crippen LogP contribution in [0.5, 0.6) is 0 Å². The molecule has 1 fully saturated rings. The molecular weight excluding hydrogens is 304 g/mol. The third-order valence-corrected chi connectivity index (χ3v) is 4.35.